The van der Waals surface area contributed by atoms with Gasteiger partial charge in [0.15, 0.2) is 0 Å². The topological polar surface area (TPSA) is 55.4 Å². The molecule has 0 saturated carbocycles. The van der Waals surface area contributed by atoms with Crippen LogP contribution in [-0.4, -0.2) is 18.0 Å². The zero-order valence-corrected chi connectivity index (χ0v) is 15.8. The second kappa shape index (κ2) is 7.27. The van der Waals surface area contributed by atoms with Crippen LogP contribution in [0.4, 0.5) is 5.00 Å². The molecule has 0 unspecified atom stereocenters. The molecule has 1 N–H and O–H groups in total. The molecule has 1 aromatic heterocycles. The van der Waals surface area contributed by atoms with Gasteiger partial charge in [0.2, 0.25) is 0 Å². The molecule has 1 amide bonds. The summed E-state index contributed by atoms with van der Waals surface area (Å²) in [5, 5.41) is 3.35. The standard InChI is InChI=1S/C17H18BrNO3S/c1-9(2)22-17(21)14-10(3)11(4)23-16(14)19-15(20)12-5-7-13(18)8-6-12/h5-9H,1-4H3,(H,19,20). The fourth-order valence-electron chi connectivity index (χ4n) is 2.01. The molecular formula is C17H18BrNO3S. The van der Waals surface area contributed by atoms with Crippen molar-refractivity contribution in [2.45, 2.75) is 33.8 Å². The molecule has 0 saturated heterocycles. The molecular weight excluding hydrogens is 378 g/mol. The fourth-order valence-corrected chi connectivity index (χ4v) is 3.32. The Kier molecular flexibility index (Phi) is 5.59. The Morgan fingerprint density at radius 3 is 2.35 bits per heavy atom. The molecule has 0 bridgehead atoms. The Morgan fingerprint density at radius 1 is 1.17 bits per heavy atom. The quantitative estimate of drug-likeness (QED) is 0.745. The zero-order chi connectivity index (χ0) is 17.1. The Bertz CT molecular complexity index is 735. The van der Waals surface area contributed by atoms with Gasteiger partial charge >= 0.3 is 5.97 Å². The van der Waals surface area contributed by atoms with Crippen LogP contribution in [0.2, 0.25) is 0 Å². The monoisotopic (exact) mass is 395 g/mol. The summed E-state index contributed by atoms with van der Waals surface area (Å²) in [5.74, 6) is -0.662. The summed E-state index contributed by atoms with van der Waals surface area (Å²) in [6.07, 6.45) is -0.211. The Labute approximate surface area is 148 Å². The van der Waals surface area contributed by atoms with Crippen molar-refractivity contribution in [3.8, 4) is 0 Å². The van der Waals surface area contributed by atoms with Gasteiger partial charge in [0.25, 0.3) is 5.91 Å². The molecule has 0 aliphatic rings. The van der Waals surface area contributed by atoms with Crippen LogP contribution in [0.25, 0.3) is 0 Å². The number of nitrogens with one attached hydrogen (secondary N) is 1. The summed E-state index contributed by atoms with van der Waals surface area (Å²) >= 11 is 4.72. The van der Waals surface area contributed by atoms with Gasteiger partial charge in [0.05, 0.1) is 11.7 Å². The number of carbonyl (C=O) groups excluding carboxylic acids is 2. The van der Waals surface area contributed by atoms with Gasteiger partial charge in [-0.15, -0.1) is 11.3 Å². The number of benzene rings is 1. The van der Waals surface area contributed by atoms with Crippen LogP contribution in [-0.2, 0) is 4.74 Å². The lowest BCUT2D eigenvalue weighted by Crippen LogP contribution is -2.16. The van der Waals surface area contributed by atoms with E-state index in [1.807, 2.05) is 13.8 Å². The third-order valence-corrected chi connectivity index (χ3v) is 4.92. The lowest BCUT2D eigenvalue weighted by Gasteiger charge is -2.10. The molecule has 2 aromatic rings. The number of esters is 1. The van der Waals surface area contributed by atoms with E-state index in [0.29, 0.717) is 16.1 Å². The molecule has 23 heavy (non-hydrogen) atoms. The van der Waals surface area contributed by atoms with Gasteiger partial charge in [-0.2, -0.15) is 0 Å². The van der Waals surface area contributed by atoms with Gasteiger partial charge in [-0.05, 0) is 57.5 Å². The number of amides is 1. The van der Waals surface area contributed by atoms with Crippen molar-refractivity contribution in [1.29, 1.82) is 0 Å². The number of hydrogen-bond donors (Lipinski definition) is 1. The number of hydrogen-bond acceptors (Lipinski definition) is 4. The number of ether oxygens (including phenoxy) is 1. The summed E-state index contributed by atoms with van der Waals surface area (Å²) in [5.41, 5.74) is 1.80. The van der Waals surface area contributed by atoms with Gasteiger partial charge in [-0.3, -0.25) is 4.79 Å². The summed E-state index contributed by atoms with van der Waals surface area (Å²) in [7, 11) is 0. The van der Waals surface area contributed by atoms with Crippen LogP contribution >= 0.6 is 27.3 Å². The van der Waals surface area contributed by atoms with Gasteiger partial charge in [-0.25, -0.2) is 4.79 Å². The maximum atomic E-state index is 12.4. The number of aryl methyl sites for hydroxylation is 1. The first-order valence-corrected chi connectivity index (χ1v) is 8.78. The number of rotatable bonds is 4. The maximum Gasteiger partial charge on any atom is 0.341 e. The smallest absolute Gasteiger partial charge is 0.341 e. The van der Waals surface area contributed by atoms with Crippen LogP contribution in [0.3, 0.4) is 0 Å². The summed E-state index contributed by atoms with van der Waals surface area (Å²) < 4.78 is 6.19. The Balaban J connectivity index is 2.29. The first kappa shape index (κ1) is 17.7. The van der Waals surface area contributed by atoms with E-state index >= 15 is 0 Å². The summed E-state index contributed by atoms with van der Waals surface area (Å²) in [6, 6.07) is 7.04. The number of carbonyl (C=O) groups is 2. The Morgan fingerprint density at radius 2 is 1.78 bits per heavy atom. The number of halogens is 1. The number of thiophene rings is 1. The van der Waals surface area contributed by atoms with E-state index in [4.69, 9.17) is 4.74 Å². The lowest BCUT2D eigenvalue weighted by atomic mass is 10.1. The highest BCUT2D eigenvalue weighted by molar-refractivity contribution is 9.10. The normalized spacial score (nSPS) is 10.7. The minimum atomic E-state index is -0.409. The molecule has 1 aromatic carbocycles. The zero-order valence-electron chi connectivity index (χ0n) is 13.4. The molecule has 6 heteroatoms. The molecule has 2 rings (SSSR count). The Hall–Kier alpha value is -1.66. The predicted octanol–water partition coefficient (Wildman–Crippen LogP) is 4.94. The summed E-state index contributed by atoms with van der Waals surface area (Å²) in [6.45, 7) is 7.37. The highest BCUT2D eigenvalue weighted by atomic mass is 79.9. The van der Waals surface area contributed by atoms with Crippen LogP contribution in [0.15, 0.2) is 28.7 Å². The minimum Gasteiger partial charge on any atom is -0.459 e. The first-order chi connectivity index (χ1) is 10.8. The van der Waals surface area contributed by atoms with Crippen LogP contribution in [0.5, 0.6) is 0 Å². The van der Waals surface area contributed by atoms with E-state index < -0.39 is 5.97 Å². The van der Waals surface area contributed by atoms with E-state index in [-0.39, 0.29) is 12.0 Å². The van der Waals surface area contributed by atoms with Gasteiger partial charge in [-0.1, -0.05) is 15.9 Å². The fraction of sp³-hybridized carbons (Fsp3) is 0.294. The molecule has 0 atom stereocenters. The van der Waals surface area contributed by atoms with E-state index in [9.17, 15) is 9.59 Å². The van der Waals surface area contributed by atoms with Gasteiger partial charge < -0.3 is 10.1 Å². The predicted molar refractivity (Wildman–Crippen MR) is 96.4 cm³/mol. The molecule has 0 aliphatic carbocycles. The van der Waals surface area contributed by atoms with Crippen molar-refractivity contribution in [2.75, 3.05) is 5.32 Å². The summed E-state index contributed by atoms with van der Waals surface area (Å²) in [4.78, 5) is 25.6. The third-order valence-electron chi connectivity index (χ3n) is 3.27. The van der Waals surface area contributed by atoms with Gasteiger partial charge in [0.1, 0.15) is 5.00 Å². The van der Waals surface area contributed by atoms with E-state index in [0.717, 1.165) is 14.9 Å². The first-order valence-electron chi connectivity index (χ1n) is 7.17. The molecule has 0 radical (unpaired) electrons. The number of anilines is 1. The SMILES string of the molecule is Cc1sc(NC(=O)c2ccc(Br)cc2)c(C(=O)OC(C)C)c1C. The molecule has 1 heterocycles. The van der Waals surface area contributed by atoms with E-state index in [2.05, 4.69) is 21.2 Å². The lowest BCUT2D eigenvalue weighted by molar-refractivity contribution is 0.0379. The molecule has 122 valence electrons. The van der Waals surface area contributed by atoms with Crippen LogP contribution in [0.1, 0.15) is 45.0 Å². The van der Waals surface area contributed by atoms with Crippen molar-refractivity contribution in [3.63, 3.8) is 0 Å². The molecule has 0 spiro atoms. The van der Waals surface area contributed by atoms with E-state index in [1.54, 1.807) is 38.1 Å². The van der Waals surface area contributed by atoms with Crippen molar-refractivity contribution in [2.24, 2.45) is 0 Å². The average molecular weight is 396 g/mol. The molecule has 0 aliphatic heterocycles. The van der Waals surface area contributed by atoms with Crippen LogP contribution < -0.4 is 5.32 Å². The van der Waals surface area contributed by atoms with Crippen molar-refractivity contribution in [1.82, 2.24) is 0 Å². The minimum absolute atomic E-state index is 0.211. The maximum absolute atomic E-state index is 12.4. The van der Waals surface area contributed by atoms with E-state index in [1.165, 1.54) is 11.3 Å². The van der Waals surface area contributed by atoms with Gasteiger partial charge in [0, 0.05) is 14.9 Å². The second-order valence-corrected chi connectivity index (χ2v) is 7.54. The highest BCUT2D eigenvalue weighted by Gasteiger charge is 2.23. The van der Waals surface area contributed by atoms with Crippen molar-refractivity contribution in [3.05, 3.63) is 50.3 Å². The van der Waals surface area contributed by atoms with Crippen molar-refractivity contribution >= 4 is 44.1 Å². The highest BCUT2D eigenvalue weighted by Crippen LogP contribution is 2.33. The van der Waals surface area contributed by atoms with Crippen LogP contribution in [0, 0.1) is 13.8 Å². The third kappa shape index (κ3) is 4.20. The van der Waals surface area contributed by atoms with Crippen molar-refractivity contribution < 1.29 is 14.3 Å². The average Bonchev–Trinajstić information content (AvgIpc) is 2.73. The largest absolute Gasteiger partial charge is 0.459 e. The molecule has 0 fully saturated rings. The second-order valence-electron chi connectivity index (χ2n) is 5.40. The molecule has 4 nitrogen and oxygen atoms in total.